The molecule has 6 nitrogen and oxygen atoms in total. The predicted octanol–water partition coefficient (Wildman–Crippen LogP) is 2.36. The molecule has 6 heteroatoms. The van der Waals surface area contributed by atoms with Crippen LogP contribution >= 0.6 is 0 Å². The van der Waals surface area contributed by atoms with E-state index in [0.29, 0.717) is 19.6 Å². The maximum Gasteiger partial charge on any atom is 0.255 e. The van der Waals surface area contributed by atoms with E-state index in [9.17, 15) is 4.79 Å². The van der Waals surface area contributed by atoms with Crippen molar-refractivity contribution in [3.63, 3.8) is 0 Å². The molecule has 0 unspecified atom stereocenters. The van der Waals surface area contributed by atoms with Gasteiger partial charge in [-0.15, -0.1) is 0 Å². The van der Waals surface area contributed by atoms with Gasteiger partial charge in [0.25, 0.3) is 5.91 Å². The smallest absolute Gasteiger partial charge is 0.255 e. The van der Waals surface area contributed by atoms with Gasteiger partial charge in [0.2, 0.25) is 0 Å². The first-order valence-electron chi connectivity index (χ1n) is 9.23. The molecule has 0 spiro atoms. The summed E-state index contributed by atoms with van der Waals surface area (Å²) in [7, 11) is 0. The average molecular weight is 361 g/mol. The number of hydrogen-bond acceptors (Lipinski definition) is 5. The van der Waals surface area contributed by atoms with E-state index in [0.717, 1.165) is 5.56 Å². The van der Waals surface area contributed by atoms with Crippen molar-refractivity contribution >= 4 is 5.91 Å². The molecule has 3 aliphatic rings. The van der Waals surface area contributed by atoms with Gasteiger partial charge in [-0.05, 0) is 39.7 Å². The van der Waals surface area contributed by atoms with Crippen molar-refractivity contribution in [2.45, 2.75) is 70.0 Å². The highest BCUT2D eigenvalue weighted by Crippen LogP contribution is 2.52. The zero-order chi connectivity index (χ0) is 18.6. The summed E-state index contributed by atoms with van der Waals surface area (Å²) < 4.78 is 24.3. The van der Waals surface area contributed by atoms with Crippen LogP contribution in [0.3, 0.4) is 0 Å². The number of benzene rings is 1. The Kier molecular flexibility index (Phi) is 4.15. The summed E-state index contributed by atoms with van der Waals surface area (Å²) in [5, 5.41) is 3.03. The topological polar surface area (TPSA) is 66.0 Å². The molecule has 142 valence electrons. The molecule has 1 aliphatic carbocycles. The molecule has 2 saturated heterocycles. The fourth-order valence-corrected chi connectivity index (χ4v) is 4.34. The number of carbonyl (C=O) groups excluding carboxylic acids is 1. The van der Waals surface area contributed by atoms with Crippen molar-refractivity contribution in [2.24, 2.45) is 5.92 Å². The van der Waals surface area contributed by atoms with Crippen molar-refractivity contribution < 1.29 is 23.7 Å². The lowest BCUT2D eigenvalue weighted by Gasteiger charge is -2.39. The minimum Gasteiger partial charge on any atom is -0.350 e. The highest BCUT2D eigenvalue weighted by atomic mass is 16.8. The van der Waals surface area contributed by atoms with Crippen LogP contribution in [0.4, 0.5) is 0 Å². The Morgan fingerprint density at radius 1 is 1.12 bits per heavy atom. The van der Waals surface area contributed by atoms with Gasteiger partial charge in [0.15, 0.2) is 17.2 Å². The number of nitrogens with one attached hydrogen (secondary N) is 1. The first kappa shape index (κ1) is 17.9. The maximum atomic E-state index is 13.2. The summed E-state index contributed by atoms with van der Waals surface area (Å²) in [5.41, 5.74) is 0.000290. The third-order valence-electron chi connectivity index (χ3n) is 5.37. The van der Waals surface area contributed by atoms with Gasteiger partial charge in [-0.2, -0.15) is 0 Å². The third-order valence-corrected chi connectivity index (χ3v) is 5.37. The average Bonchev–Trinajstić information content (AvgIpc) is 3.01. The van der Waals surface area contributed by atoms with Crippen LogP contribution in [0.5, 0.6) is 0 Å². The van der Waals surface area contributed by atoms with Crippen LogP contribution < -0.4 is 5.32 Å². The van der Waals surface area contributed by atoms with Crippen LogP contribution in [0.2, 0.25) is 0 Å². The third kappa shape index (κ3) is 3.05. The van der Waals surface area contributed by atoms with E-state index in [1.807, 2.05) is 58.0 Å². The van der Waals surface area contributed by atoms with E-state index in [1.54, 1.807) is 0 Å². The molecule has 3 fully saturated rings. The lowest BCUT2D eigenvalue weighted by Crippen LogP contribution is -2.54. The summed E-state index contributed by atoms with van der Waals surface area (Å²) in [6, 6.07) is 9.84. The minimum atomic E-state index is -1.04. The highest BCUT2D eigenvalue weighted by molar-refractivity contribution is 5.87. The second-order valence-electron chi connectivity index (χ2n) is 8.36. The molecule has 0 bridgehead atoms. The molecular formula is C20H27NO5. The second kappa shape index (κ2) is 6.02. The first-order valence-corrected chi connectivity index (χ1v) is 9.23. The van der Waals surface area contributed by atoms with Crippen molar-refractivity contribution in [1.82, 2.24) is 5.32 Å². The van der Waals surface area contributed by atoms with Crippen LogP contribution in [0.25, 0.3) is 0 Å². The Labute approximate surface area is 154 Å². The quantitative estimate of drug-likeness (QED) is 0.895. The lowest BCUT2D eigenvalue weighted by atomic mass is 9.97. The number of hydrogen-bond donors (Lipinski definition) is 1. The van der Waals surface area contributed by atoms with Gasteiger partial charge >= 0.3 is 0 Å². The second-order valence-corrected chi connectivity index (χ2v) is 8.36. The lowest BCUT2D eigenvalue weighted by molar-refractivity contribution is -0.306. The molecule has 1 N–H and O–H groups in total. The number of fused-ring (bicyclic) bond motifs is 3. The SMILES string of the molecule is CC1(C)OC[C@@H]2C[C@@]3(C(=O)NCc4ccccc4)OC(C)(C)O[C@H]3[C@@H]2O1. The molecule has 4 atom stereocenters. The fourth-order valence-electron chi connectivity index (χ4n) is 4.34. The Bertz CT molecular complexity index is 689. The standard InChI is InChI=1S/C20H27NO5/c1-18(2)23-12-14-10-20(16(15(14)24-18)25-19(3,4)26-20)17(22)21-11-13-8-6-5-7-9-13/h5-9,14-16H,10-12H2,1-4H3,(H,21,22)/t14-,15+,16-,20+/m0/s1. The largest absolute Gasteiger partial charge is 0.350 e. The van der Waals surface area contributed by atoms with Crippen LogP contribution in [0.1, 0.15) is 39.7 Å². The molecule has 0 radical (unpaired) electrons. The molecule has 1 aromatic carbocycles. The van der Waals surface area contributed by atoms with E-state index >= 15 is 0 Å². The van der Waals surface area contributed by atoms with Gasteiger partial charge in [0.05, 0.1) is 12.7 Å². The van der Waals surface area contributed by atoms with Crippen LogP contribution in [-0.4, -0.2) is 41.9 Å². The molecule has 1 saturated carbocycles. The number of rotatable bonds is 3. The number of ether oxygens (including phenoxy) is 4. The van der Waals surface area contributed by atoms with Crippen molar-refractivity contribution in [3.05, 3.63) is 35.9 Å². The number of amides is 1. The Hall–Kier alpha value is -1.47. The summed E-state index contributed by atoms with van der Waals surface area (Å²) in [4.78, 5) is 13.2. The fraction of sp³-hybridized carbons (Fsp3) is 0.650. The summed E-state index contributed by atoms with van der Waals surface area (Å²) >= 11 is 0. The molecule has 1 amide bonds. The van der Waals surface area contributed by atoms with Crippen LogP contribution in [-0.2, 0) is 30.3 Å². The van der Waals surface area contributed by atoms with Crippen LogP contribution in [0, 0.1) is 5.92 Å². The summed E-state index contributed by atoms with van der Waals surface area (Å²) in [6.45, 7) is 8.46. The Morgan fingerprint density at radius 3 is 2.58 bits per heavy atom. The molecular weight excluding hydrogens is 334 g/mol. The van der Waals surface area contributed by atoms with Crippen molar-refractivity contribution in [2.75, 3.05) is 6.61 Å². The van der Waals surface area contributed by atoms with Gasteiger partial charge in [-0.1, -0.05) is 30.3 Å². The zero-order valence-corrected chi connectivity index (χ0v) is 15.8. The number of carbonyl (C=O) groups is 1. The molecule has 4 rings (SSSR count). The normalized spacial score (nSPS) is 37.0. The molecule has 1 aromatic rings. The predicted molar refractivity (Wildman–Crippen MR) is 94.1 cm³/mol. The van der Waals surface area contributed by atoms with E-state index in [2.05, 4.69) is 5.32 Å². The molecule has 0 aromatic heterocycles. The van der Waals surface area contributed by atoms with E-state index < -0.39 is 23.3 Å². The van der Waals surface area contributed by atoms with Crippen LogP contribution in [0.15, 0.2) is 30.3 Å². The molecule has 2 heterocycles. The van der Waals surface area contributed by atoms with Gasteiger partial charge in [-0.25, -0.2) is 0 Å². The molecule has 26 heavy (non-hydrogen) atoms. The monoisotopic (exact) mass is 361 g/mol. The summed E-state index contributed by atoms with van der Waals surface area (Å²) in [6.07, 6.45) is -0.132. The highest BCUT2D eigenvalue weighted by Gasteiger charge is 2.68. The minimum absolute atomic E-state index is 0.0756. The maximum absolute atomic E-state index is 13.2. The van der Waals surface area contributed by atoms with E-state index in [4.69, 9.17) is 18.9 Å². The summed E-state index contributed by atoms with van der Waals surface area (Å²) in [5.74, 6) is -1.58. The van der Waals surface area contributed by atoms with Gasteiger partial charge in [0.1, 0.15) is 6.10 Å². The molecule has 2 aliphatic heterocycles. The van der Waals surface area contributed by atoms with Gasteiger partial charge < -0.3 is 24.3 Å². The zero-order valence-electron chi connectivity index (χ0n) is 15.8. The first-order chi connectivity index (χ1) is 12.2. The van der Waals surface area contributed by atoms with E-state index in [1.165, 1.54) is 0 Å². The van der Waals surface area contributed by atoms with Crippen molar-refractivity contribution in [3.8, 4) is 0 Å². The van der Waals surface area contributed by atoms with Gasteiger partial charge in [-0.3, -0.25) is 4.79 Å². The van der Waals surface area contributed by atoms with Gasteiger partial charge in [0, 0.05) is 12.5 Å². The Morgan fingerprint density at radius 2 is 1.85 bits per heavy atom. The van der Waals surface area contributed by atoms with Crippen molar-refractivity contribution in [1.29, 1.82) is 0 Å². The Balaban J connectivity index is 1.56. The van der Waals surface area contributed by atoms with E-state index in [-0.39, 0.29) is 17.9 Å².